The predicted octanol–water partition coefficient (Wildman–Crippen LogP) is 9.08. The molecule has 0 aromatic heterocycles. The van der Waals surface area contributed by atoms with Gasteiger partial charge in [-0.3, -0.25) is 0 Å². The van der Waals surface area contributed by atoms with Crippen molar-refractivity contribution >= 4 is 11.6 Å². The van der Waals surface area contributed by atoms with Crippen LogP contribution in [0.4, 0.5) is 4.39 Å². The molecule has 1 aromatic rings. The van der Waals surface area contributed by atoms with Gasteiger partial charge in [0.1, 0.15) is 5.83 Å². The molecule has 0 N–H and O–H groups in total. The first-order chi connectivity index (χ1) is 11.9. The molecule has 0 unspecified atom stereocenters. The first-order valence-corrected chi connectivity index (χ1v) is 10.1. The van der Waals surface area contributed by atoms with Crippen LogP contribution < -0.4 is 0 Å². The molecule has 0 saturated carbocycles. The smallest absolute Gasteiger partial charge is 0.122 e. The highest BCUT2D eigenvalue weighted by atomic mass is 35.5. The third kappa shape index (κ3) is 8.54. The van der Waals surface area contributed by atoms with E-state index in [0.29, 0.717) is 17.8 Å². The molecule has 0 aliphatic rings. The summed E-state index contributed by atoms with van der Waals surface area (Å²) in [6.45, 7) is 20.7. The Morgan fingerprint density at radius 1 is 0.885 bits per heavy atom. The molecule has 0 heterocycles. The van der Waals surface area contributed by atoms with E-state index in [9.17, 15) is 4.39 Å². The van der Waals surface area contributed by atoms with Crippen molar-refractivity contribution in [1.29, 1.82) is 0 Å². The van der Waals surface area contributed by atoms with Gasteiger partial charge in [-0.1, -0.05) is 84.7 Å². The van der Waals surface area contributed by atoms with Crippen molar-refractivity contribution in [1.82, 2.24) is 0 Å². The second kappa shape index (κ2) is 11.6. The maximum Gasteiger partial charge on any atom is 0.122 e. The Hall–Kier alpha value is -1.08. The minimum absolute atomic E-state index is 0.0683. The maximum absolute atomic E-state index is 13.5. The van der Waals surface area contributed by atoms with Crippen LogP contribution in [-0.2, 0) is 0 Å². The molecule has 0 amide bonds. The molecular weight excluding hydrogens is 343 g/mol. The van der Waals surface area contributed by atoms with Crippen molar-refractivity contribution in [3.05, 3.63) is 57.4 Å². The summed E-state index contributed by atoms with van der Waals surface area (Å²) in [4.78, 5) is 0. The van der Waals surface area contributed by atoms with Crippen LogP contribution in [0.15, 0.2) is 41.2 Å². The van der Waals surface area contributed by atoms with Crippen molar-refractivity contribution in [3.63, 3.8) is 0 Å². The SMILES string of the molecule is C/C(=C(F)\C=C(/C)C(C)C)C(C)C.CC(C)c1ccc(C(C)C)c(Cl)c1. The predicted molar refractivity (Wildman–Crippen MR) is 117 cm³/mol. The minimum Gasteiger partial charge on any atom is -0.207 e. The lowest BCUT2D eigenvalue weighted by Crippen LogP contribution is -1.93. The summed E-state index contributed by atoms with van der Waals surface area (Å²) in [7, 11) is 0. The molecule has 0 nitrogen and oxygen atoms in total. The number of hydrogen-bond acceptors (Lipinski definition) is 0. The molecule has 26 heavy (non-hydrogen) atoms. The average molecular weight is 381 g/mol. The number of hydrogen-bond donors (Lipinski definition) is 0. The average Bonchev–Trinajstić information content (AvgIpc) is 2.53. The van der Waals surface area contributed by atoms with Gasteiger partial charge in [-0.05, 0) is 66.4 Å². The van der Waals surface area contributed by atoms with Crippen LogP contribution in [0.3, 0.4) is 0 Å². The van der Waals surface area contributed by atoms with Crippen LogP contribution in [0.5, 0.6) is 0 Å². The lowest BCUT2D eigenvalue weighted by atomic mass is 9.97. The Morgan fingerprint density at radius 2 is 1.42 bits per heavy atom. The Bertz CT molecular complexity index is 619. The van der Waals surface area contributed by atoms with E-state index in [-0.39, 0.29) is 11.7 Å². The van der Waals surface area contributed by atoms with Gasteiger partial charge in [-0.2, -0.15) is 0 Å². The molecule has 0 spiro atoms. The molecular formula is C24H38ClF. The highest BCUT2D eigenvalue weighted by Crippen LogP contribution is 2.27. The van der Waals surface area contributed by atoms with Crippen molar-refractivity contribution < 1.29 is 4.39 Å². The van der Waals surface area contributed by atoms with Crippen molar-refractivity contribution in [2.75, 3.05) is 0 Å². The fourth-order valence-electron chi connectivity index (χ4n) is 2.13. The molecule has 0 aliphatic carbocycles. The standard InChI is InChI=1S/C12H17Cl.C12H21F/c1-8(2)10-5-6-11(9(3)4)12(13)7-10;1-8(2)10(5)7-12(13)11(6)9(3)4/h5-9H,1-4H3;7-9H,1-6H3/b;10-7+,12-11-. The van der Waals surface area contributed by atoms with Gasteiger partial charge in [-0.15, -0.1) is 0 Å². The normalized spacial score (nSPS) is 13.3. The molecule has 0 aliphatic heterocycles. The van der Waals surface area contributed by atoms with Gasteiger partial charge in [0.2, 0.25) is 0 Å². The molecule has 1 rings (SSSR count). The fraction of sp³-hybridized carbons (Fsp3) is 0.583. The molecule has 0 bridgehead atoms. The summed E-state index contributed by atoms with van der Waals surface area (Å²) >= 11 is 6.17. The highest BCUT2D eigenvalue weighted by molar-refractivity contribution is 6.31. The molecule has 0 saturated heterocycles. The number of benzene rings is 1. The lowest BCUT2D eigenvalue weighted by molar-refractivity contribution is 0.613. The van der Waals surface area contributed by atoms with Gasteiger partial charge in [0, 0.05) is 5.02 Å². The van der Waals surface area contributed by atoms with E-state index < -0.39 is 0 Å². The molecule has 0 fully saturated rings. The van der Waals surface area contributed by atoms with E-state index in [4.69, 9.17) is 11.6 Å². The summed E-state index contributed by atoms with van der Waals surface area (Å²) in [6.07, 6.45) is 1.65. The largest absolute Gasteiger partial charge is 0.207 e. The van der Waals surface area contributed by atoms with E-state index in [0.717, 1.165) is 16.2 Å². The van der Waals surface area contributed by atoms with E-state index in [1.807, 2.05) is 27.7 Å². The zero-order valence-electron chi connectivity index (χ0n) is 18.4. The van der Waals surface area contributed by atoms with Gasteiger partial charge in [0.25, 0.3) is 0 Å². The quantitative estimate of drug-likeness (QED) is 0.446. The Labute approximate surface area is 166 Å². The Morgan fingerprint density at radius 3 is 1.77 bits per heavy atom. The lowest BCUT2D eigenvalue weighted by Gasteiger charge is -2.11. The van der Waals surface area contributed by atoms with Gasteiger partial charge < -0.3 is 0 Å². The van der Waals surface area contributed by atoms with Crippen LogP contribution in [0.1, 0.15) is 92.2 Å². The number of rotatable bonds is 5. The summed E-state index contributed by atoms with van der Waals surface area (Å²) in [5, 5.41) is 0.904. The molecule has 0 atom stereocenters. The molecule has 0 radical (unpaired) electrons. The van der Waals surface area contributed by atoms with E-state index in [1.165, 1.54) is 11.1 Å². The topological polar surface area (TPSA) is 0 Å². The van der Waals surface area contributed by atoms with Crippen LogP contribution in [0.25, 0.3) is 0 Å². The summed E-state index contributed by atoms with van der Waals surface area (Å²) in [6, 6.07) is 6.40. The van der Waals surface area contributed by atoms with Gasteiger partial charge in [-0.25, -0.2) is 4.39 Å². The van der Waals surface area contributed by atoms with E-state index in [2.05, 4.69) is 59.7 Å². The Balaban J connectivity index is 0.000000481. The fourth-order valence-corrected chi connectivity index (χ4v) is 2.53. The second-order valence-electron chi connectivity index (χ2n) is 8.32. The van der Waals surface area contributed by atoms with E-state index in [1.54, 1.807) is 6.08 Å². The van der Waals surface area contributed by atoms with Crippen LogP contribution in [-0.4, -0.2) is 0 Å². The second-order valence-corrected chi connectivity index (χ2v) is 8.73. The molecule has 148 valence electrons. The molecule has 2 heteroatoms. The number of allylic oxidation sites excluding steroid dienone is 4. The summed E-state index contributed by atoms with van der Waals surface area (Å²) in [5.74, 6) is 1.70. The van der Waals surface area contributed by atoms with Gasteiger partial charge in [0.15, 0.2) is 0 Å². The van der Waals surface area contributed by atoms with Crippen LogP contribution in [0.2, 0.25) is 5.02 Å². The van der Waals surface area contributed by atoms with Gasteiger partial charge in [0.05, 0.1) is 0 Å². The molecule has 1 aromatic carbocycles. The van der Waals surface area contributed by atoms with Gasteiger partial charge >= 0.3 is 0 Å². The van der Waals surface area contributed by atoms with Crippen LogP contribution >= 0.6 is 11.6 Å². The summed E-state index contributed by atoms with van der Waals surface area (Å²) in [5.41, 5.74) is 4.48. The van der Waals surface area contributed by atoms with Crippen molar-refractivity contribution in [3.8, 4) is 0 Å². The third-order valence-electron chi connectivity index (χ3n) is 4.82. The highest BCUT2D eigenvalue weighted by Gasteiger charge is 2.07. The first-order valence-electron chi connectivity index (χ1n) is 9.72. The zero-order chi connectivity index (χ0) is 20.6. The van der Waals surface area contributed by atoms with Crippen molar-refractivity contribution in [2.24, 2.45) is 11.8 Å². The van der Waals surface area contributed by atoms with Crippen LogP contribution in [0, 0.1) is 11.8 Å². The van der Waals surface area contributed by atoms with E-state index >= 15 is 0 Å². The third-order valence-corrected chi connectivity index (χ3v) is 5.15. The Kier molecular flexibility index (Phi) is 11.1. The zero-order valence-corrected chi connectivity index (χ0v) is 19.1. The maximum atomic E-state index is 13.5. The first kappa shape index (κ1) is 24.9. The van der Waals surface area contributed by atoms with Crippen molar-refractivity contribution in [2.45, 2.75) is 81.1 Å². The monoisotopic (exact) mass is 380 g/mol. The summed E-state index contributed by atoms with van der Waals surface area (Å²) < 4.78 is 13.5. The minimum atomic E-state index is -0.0683. The number of halogens is 2.